The van der Waals surface area contributed by atoms with Crippen LogP contribution < -0.4 is 5.73 Å². The summed E-state index contributed by atoms with van der Waals surface area (Å²) in [7, 11) is 0. The molecule has 1 fully saturated rings. The molecule has 0 saturated carbocycles. The fourth-order valence-corrected chi connectivity index (χ4v) is 1.39. The van der Waals surface area contributed by atoms with Crippen LogP contribution in [0, 0.1) is 0 Å². The third-order valence-electron chi connectivity index (χ3n) is 2.23. The summed E-state index contributed by atoms with van der Waals surface area (Å²) in [6.07, 6.45) is 1.15. The van der Waals surface area contributed by atoms with Crippen molar-refractivity contribution in [1.82, 2.24) is 4.90 Å². The standard InChI is InChI=1S/C9H18N2O2/c10-3-1-9(12)2-4-11-5-7-13-8-6-11/h1-8,10H2. The Balaban J connectivity index is 2.06. The maximum Gasteiger partial charge on any atom is 0.135 e. The SMILES string of the molecule is NCCC(=O)CCN1CCOCC1. The van der Waals surface area contributed by atoms with Gasteiger partial charge in [0, 0.05) is 32.5 Å². The largest absolute Gasteiger partial charge is 0.379 e. The molecule has 4 nitrogen and oxygen atoms in total. The van der Waals surface area contributed by atoms with E-state index in [9.17, 15) is 4.79 Å². The lowest BCUT2D eigenvalue weighted by atomic mass is 10.2. The van der Waals surface area contributed by atoms with Gasteiger partial charge in [0.25, 0.3) is 0 Å². The molecule has 0 atom stereocenters. The second-order valence-corrected chi connectivity index (χ2v) is 3.28. The van der Waals surface area contributed by atoms with Gasteiger partial charge >= 0.3 is 0 Å². The minimum Gasteiger partial charge on any atom is -0.379 e. The first-order valence-electron chi connectivity index (χ1n) is 4.85. The average molecular weight is 186 g/mol. The van der Waals surface area contributed by atoms with Gasteiger partial charge in [-0.2, -0.15) is 0 Å². The van der Waals surface area contributed by atoms with E-state index >= 15 is 0 Å². The Kier molecular flexibility index (Phi) is 4.97. The highest BCUT2D eigenvalue weighted by Gasteiger charge is 2.11. The number of carbonyl (C=O) groups excluding carboxylic acids is 1. The molecule has 76 valence electrons. The van der Waals surface area contributed by atoms with E-state index < -0.39 is 0 Å². The zero-order valence-electron chi connectivity index (χ0n) is 8.00. The molecule has 1 saturated heterocycles. The smallest absolute Gasteiger partial charge is 0.135 e. The first-order valence-corrected chi connectivity index (χ1v) is 4.85. The van der Waals surface area contributed by atoms with Gasteiger partial charge in [-0.25, -0.2) is 0 Å². The Labute approximate surface area is 79.0 Å². The highest BCUT2D eigenvalue weighted by molar-refractivity contribution is 5.78. The van der Waals surface area contributed by atoms with E-state index in [2.05, 4.69) is 4.90 Å². The summed E-state index contributed by atoms with van der Waals surface area (Å²) < 4.78 is 5.21. The molecule has 13 heavy (non-hydrogen) atoms. The lowest BCUT2D eigenvalue weighted by Crippen LogP contribution is -2.37. The van der Waals surface area contributed by atoms with E-state index in [1.54, 1.807) is 0 Å². The third kappa shape index (κ3) is 4.36. The number of nitrogens with two attached hydrogens (primary N) is 1. The first kappa shape index (κ1) is 10.6. The summed E-state index contributed by atoms with van der Waals surface area (Å²) in [5.74, 6) is 0.272. The number of carbonyl (C=O) groups is 1. The predicted molar refractivity (Wildman–Crippen MR) is 50.6 cm³/mol. The van der Waals surface area contributed by atoms with Crippen molar-refractivity contribution >= 4 is 5.78 Å². The van der Waals surface area contributed by atoms with Crippen LogP contribution in [0.3, 0.4) is 0 Å². The lowest BCUT2D eigenvalue weighted by Gasteiger charge is -2.26. The molecule has 0 spiro atoms. The molecule has 0 aromatic heterocycles. The summed E-state index contributed by atoms with van der Waals surface area (Å²) in [5, 5.41) is 0. The van der Waals surface area contributed by atoms with Crippen LogP contribution in [0.5, 0.6) is 0 Å². The van der Waals surface area contributed by atoms with Crippen molar-refractivity contribution in [3.05, 3.63) is 0 Å². The Morgan fingerprint density at radius 2 is 2.00 bits per heavy atom. The highest BCUT2D eigenvalue weighted by atomic mass is 16.5. The van der Waals surface area contributed by atoms with Crippen LogP contribution in [0.2, 0.25) is 0 Å². The fraction of sp³-hybridized carbons (Fsp3) is 0.889. The number of ketones is 1. The van der Waals surface area contributed by atoms with Gasteiger partial charge in [-0.15, -0.1) is 0 Å². The minimum absolute atomic E-state index is 0.272. The van der Waals surface area contributed by atoms with Crippen LogP contribution in [-0.2, 0) is 9.53 Å². The first-order chi connectivity index (χ1) is 6.33. The van der Waals surface area contributed by atoms with Gasteiger partial charge in [-0.05, 0) is 6.54 Å². The Hall–Kier alpha value is -0.450. The summed E-state index contributed by atoms with van der Waals surface area (Å²) >= 11 is 0. The van der Waals surface area contributed by atoms with E-state index in [1.165, 1.54) is 0 Å². The normalized spacial score (nSPS) is 18.8. The molecular formula is C9H18N2O2. The average Bonchev–Trinajstić information content (AvgIpc) is 2.17. The fourth-order valence-electron chi connectivity index (χ4n) is 1.39. The molecule has 0 bridgehead atoms. The van der Waals surface area contributed by atoms with Crippen molar-refractivity contribution in [2.75, 3.05) is 39.4 Å². The molecule has 0 aromatic rings. The topological polar surface area (TPSA) is 55.6 Å². The Morgan fingerprint density at radius 3 is 2.62 bits per heavy atom. The van der Waals surface area contributed by atoms with Gasteiger partial charge in [0.15, 0.2) is 0 Å². The maximum absolute atomic E-state index is 11.1. The van der Waals surface area contributed by atoms with Gasteiger partial charge in [0.1, 0.15) is 5.78 Å². The summed E-state index contributed by atoms with van der Waals surface area (Å²) in [6, 6.07) is 0. The zero-order chi connectivity index (χ0) is 9.52. The molecule has 1 aliphatic heterocycles. The van der Waals surface area contributed by atoms with Crippen LogP contribution in [0.4, 0.5) is 0 Å². The molecule has 0 aliphatic carbocycles. The molecule has 4 heteroatoms. The molecule has 1 aliphatic rings. The van der Waals surface area contributed by atoms with Gasteiger partial charge in [-0.1, -0.05) is 0 Å². The third-order valence-corrected chi connectivity index (χ3v) is 2.23. The van der Waals surface area contributed by atoms with Gasteiger partial charge in [-0.3, -0.25) is 9.69 Å². The van der Waals surface area contributed by atoms with Crippen molar-refractivity contribution in [2.45, 2.75) is 12.8 Å². The molecule has 1 heterocycles. The molecule has 0 amide bonds. The monoisotopic (exact) mass is 186 g/mol. The number of hydrogen-bond acceptors (Lipinski definition) is 4. The van der Waals surface area contributed by atoms with Crippen LogP contribution in [0.25, 0.3) is 0 Å². The number of Topliss-reactive ketones (excluding diaryl/α,β-unsaturated/α-hetero) is 1. The molecule has 0 radical (unpaired) electrons. The summed E-state index contributed by atoms with van der Waals surface area (Å²) in [5.41, 5.74) is 5.28. The number of morpholine rings is 1. The van der Waals surface area contributed by atoms with Gasteiger partial charge in [0.2, 0.25) is 0 Å². The van der Waals surface area contributed by atoms with Crippen molar-refractivity contribution in [3.63, 3.8) is 0 Å². The van der Waals surface area contributed by atoms with E-state index in [0.717, 1.165) is 32.8 Å². The van der Waals surface area contributed by atoms with Crippen molar-refractivity contribution in [3.8, 4) is 0 Å². The molecule has 0 unspecified atom stereocenters. The Bertz CT molecular complexity index is 156. The number of nitrogens with zero attached hydrogens (tertiary/aromatic N) is 1. The van der Waals surface area contributed by atoms with Gasteiger partial charge < -0.3 is 10.5 Å². The predicted octanol–water partition coefficient (Wildman–Crippen LogP) is -0.373. The van der Waals surface area contributed by atoms with Crippen molar-refractivity contribution in [1.29, 1.82) is 0 Å². The van der Waals surface area contributed by atoms with Crippen LogP contribution >= 0.6 is 0 Å². The molecule has 0 aromatic carbocycles. The van der Waals surface area contributed by atoms with E-state index in [1.807, 2.05) is 0 Å². The van der Waals surface area contributed by atoms with Gasteiger partial charge in [0.05, 0.1) is 13.2 Å². The van der Waals surface area contributed by atoms with Crippen LogP contribution in [0.15, 0.2) is 0 Å². The summed E-state index contributed by atoms with van der Waals surface area (Å²) in [6.45, 7) is 4.84. The van der Waals surface area contributed by atoms with E-state index in [-0.39, 0.29) is 5.78 Å². The van der Waals surface area contributed by atoms with E-state index in [0.29, 0.717) is 19.4 Å². The zero-order valence-corrected chi connectivity index (χ0v) is 8.00. The van der Waals surface area contributed by atoms with Crippen LogP contribution in [0.1, 0.15) is 12.8 Å². The molecule has 1 rings (SSSR count). The summed E-state index contributed by atoms with van der Waals surface area (Å²) in [4.78, 5) is 13.4. The number of hydrogen-bond donors (Lipinski definition) is 1. The lowest BCUT2D eigenvalue weighted by molar-refractivity contribution is -0.119. The van der Waals surface area contributed by atoms with Crippen molar-refractivity contribution in [2.24, 2.45) is 5.73 Å². The number of ether oxygens (including phenoxy) is 1. The molecule has 2 N–H and O–H groups in total. The second kappa shape index (κ2) is 6.07. The minimum atomic E-state index is 0.272. The van der Waals surface area contributed by atoms with Crippen LogP contribution in [-0.4, -0.2) is 50.1 Å². The Morgan fingerprint density at radius 1 is 1.31 bits per heavy atom. The second-order valence-electron chi connectivity index (χ2n) is 3.28. The van der Waals surface area contributed by atoms with Crippen molar-refractivity contribution < 1.29 is 9.53 Å². The maximum atomic E-state index is 11.1. The molecular weight excluding hydrogens is 168 g/mol. The highest BCUT2D eigenvalue weighted by Crippen LogP contribution is 1.99. The number of rotatable bonds is 5. The van der Waals surface area contributed by atoms with E-state index in [4.69, 9.17) is 10.5 Å². The quantitative estimate of drug-likeness (QED) is 0.636.